The number of benzene rings is 2. The molecule has 0 saturated carbocycles. The fourth-order valence-corrected chi connectivity index (χ4v) is 3.40. The molecule has 0 unspecified atom stereocenters. The fourth-order valence-electron chi connectivity index (χ4n) is 3.40. The number of anilines is 1. The zero-order valence-electron chi connectivity index (χ0n) is 13.9. The lowest BCUT2D eigenvalue weighted by Gasteiger charge is -2.28. The molecule has 2 aliphatic carbocycles. The average molecular weight is 311 g/mol. The molecule has 4 rings (SSSR count). The van der Waals surface area contributed by atoms with Crippen molar-refractivity contribution in [3.63, 3.8) is 0 Å². The van der Waals surface area contributed by atoms with Crippen LogP contribution in [0.2, 0.25) is 0 Å². The van der Waals surface area contributed by atoms with Gasteiger partial charge in [-0.15, -0.1) is 0 Å². The van der Waals surface area contributed by atoms with Gasteiger partial charge in [-0.1, -0.05) is 66.3 Å². The molecular weight excluding hydrogens is 290 g/mol. The summed E-state index contributed by atoms with van der Waals surface area (Å²) in [6.45, 7) is 2.20. The normalized spacial score (nSPS) is 16.4. The maximum Gasteiger partial charge on any atom is 0.0455 e. The van der Waals surface area contributed by atoms with E-state index in [9.17, 15) is 0 Å². The van der Waals surface area contributed by atoms with Gasteiger partial charge in [0.15, 0.2) is 0 Å². The number of hydrogen-bond acceptors (Lipinski definition) is 1. The highest BCUT2D eigenvalue weighted by Crippen LogP contribution is 2.37. The topological polar surface area (TPSA) is 3.24 Å². The molecule has 0 amide bonds. The van der Waals surface area contributed by atoms with Crippen LogP contribution >= 0.6 is 0 Å². The van der Waals surface area contributed by atoms with Gasteiger partial charge in [0.2, 0.25) is 0 Å². The fraction of sp³-hybridized carbons (Fsp3) is 0.130. The third-order valence-electron chi connectivity index (χ3n) is 4.60. The molecule has 0 aromatic heterocycles. The summed E-state index contributed by atoms with van der Waals surface area (Å²) in [5.41, 5.74) is 8.05. The molecule has 0 spiro atoms. The van der Waals surface area contributed by atoms with Crippen molar-refractivity contribution in [2.45, 2.75) is 19.8 Å². The summed E-state index contributed by atoms with van der Waals surface area (Å²) in [7, 11) is 0. The highest BCUT2D eigenvalue weighted by molar-refractivity contribution is 5.76. The Morgan fingerprint density at radius 2 is 1.29 bits per heavy atom. The second-order valence-corrected chi connectivity index (χ2v) is 6.41. The minimum Gasteiger partial charge on any atom is -0.317 e. The van der Waals surface area contributed by atoms with Crippen molar-refractivity contribution < 1.29 is 0 Å². The van der Waals surface area contributed by atoms with Gasteiger partial charge in [0.1, 0.15) is 0 Å². The van der Waals surface area contributed by atoms with Gasteiger partial charge in [0.25, 0.3) is 0 Å². The maximum atomic E-state index is 2.42. The van der Waals surface area contributed by atoms with Crippen LogP contribution in [0.3, 0.4) is 0 Å². The molecule has 0 heterocycles. The summed E-state index contributed by atoms with van der Waals surface area (Å²) in [6, 6.07) is 21.3. The molecule has 118 valence electrons. The van der Waals surface area contributed by atoms with Crippen molar-refractivity contribution in [3.05, 3.63) is 107 Å². The van der Waals surface area contributed by atoms with E-state index in [1.54, 1.807) is 0 Å². The molecular formula is C23H21N. The van der Waals surface area contributed by atoms with Crippen LogP contribution in [0.15, 0.2) is 102 Å². The molecule has 0 saturated heterocycles. The van der Waals surface area contributed by atoms with Crippen LogP contribution < -0.4 is 4.90 Å². The molecule has 0 N–H and O–H groups in total. The predicted molar refractivity (Wildman–Crippen MR) is 102 cm³/mol. The lowest BCUT2D eigenvalue weighted by atomic mass is 10.0. The zero-order chi connectivity index (χ0) is 16.4. The van der Waals surface area contributed by atoms with Crippen LogP contribution in [-0.2, 0) is 0 Å². The first kappa shape index (κ1) is 14.8. The van der Waals surface area contributed by atoms with E-state index in [0.717, 1.165) is 12.8 Å². The summed E-state index contributed by atoms with van der Waals surface area (Å²) >= 11 is 0. The maximum absolute atomic E-state index is 2.42. The highest BCUT2D eigenvalue weighted by Gasteiger charge is 2.22. The predicted octanol–water partition coefficient (Wildman–Crippen LogP) is 6.10. The lowest BCUT2D eigenvalue weighted by Crippen LogP contribution is -2.20. The first-order chi connectivity index (χ1) is 11.8. The number of allylic oxidation sites excluding steroid dienone is 6. The van der Waals surface area contributed by atoms with Crippen LogP contribution in [0.5, 0.6) is 0 Å². The Kier molecular flexibility index (Phi) is 3.92. The molecule has 0 fully saturated rings. The Hall–Kier alpha value is -2.80. The Bertz CT molecular complexity index is 851. The lowest BCUT2D eigenvalue weighted by molar-refractivity contribution is 0.979. The van der Waals surface area contributed by atoms with E-state index in [1.165, 1.54) is 33.8 Å². The summed E-state index contributed by atoms with van der Waals surface area (Å²) in [4.78, 5) is 2.42. The largest absolute Gasteiger partial charge is 0.317 e. The van der Waals surface area contributed by atoms with Crippen molar-refractivity contribution in [2.24, 2.45) is 0 Å². The van der Waals surface area contributed by atoms with Crippen LogP contribution in [-0.4, -0.2) is 0 Å². The van der Waals surface area contributed by atoms with E-state index in [0.29, 0.717) is 0 Å². The van der Waals surface area contributed by atoms with Gasteiger partial charge < -0.3 is 4.90 Å². The molecule has 1 heteroatoms. The Morgan fingerprint density at radius 3 is 1.96 bits per heavy atom. The Balaban J connectivity index is 1.62. The van der Waals surface area contributed by atoms with E-state index in [2.05, 4.69) is 96.8 Å². The number of nitrogens with zero attached hydrogens (tertiary/aromatic N) is 1. The molecule has 2 aliphatic rings. The van der Waals surface area contributed by atoms with Gasteiger partial charge in [-0.3, -0.25) is 0 Å². The van der Waals surface area contributed by atoms with Crippen molar-refractivity contribution in [3.8, 4) is 0 Å². The number of hydrogen-bond donors (Lipinski definition) is 0. The van der Waals surface area contributed by atoms with Crippen LogP contribution in [0.25, 0.3) is 5.57 Å². The first-order valence-corrected chi connectivity index (χ1v) is 8.48. The molecule has 0 radical (unpaired) electrons. The van der Waals surface area contributed by atoms with Gasteiger partial charge in [-0.25, -0.2) is 0 Å². The highest BCUT2D eigenvalue weighted by atomic mass is 15.2. The number of rotatable bonds is 4. The summed E-state index contributed by atoms with van der Waals surface area (Å²) < 4.78 is 0. The van der Waals surface area contributed by atoms with Crippen molar-refractivity contribution in [1.29, 1.82) is 0 Å². The second kappa shape index (κ2) is 6.37. The van der Waals surface area contributed by atoms with E-state index in [-0.39, 0.29) is 0 Å². The van der Waals surface area contributed by atoms with E-state index < -0.39 is 0 Å². The molecule has 24 heavy (non-hydrogen) atoms. The van der Waals surface area contributed by atoms with E-state index in [4.69, 9.17) is 0 Å². The van der Waals surface area contributed by atoms with E-state index >= 15 is 0 Å². The van der Waals surface area contributed by atoms with Crippen LogP contribution in [0.4, 0.5) is 5.69 Å². The summed E-state index contributed by atoms with van der Waals surface area (Å²) in [6.07, 6.45) is 11.0. The van der Waals surface area contributed by atoms with Gasteiger partial charge in [0, 0.05) is 29.9 Å². The zero-order valence-corrected chi connectivity index (χ0v) is 13.9. The minimum atomic E-state index is 0.968. The quantitative estimate of drug-likeness (QED) is 0.659. The van der Waals surface area contributed by atoms with Crippen molar-refractivity contribution in [1.82, 2.24) is 0 Å². The monoisotopic (exact) mass is 311 g/mol. The average Bonchev–Trinajstić information content (AvgIpc) is 3.27. The van der Waals surface area contributed by atoms with Crippen molar-refractivity contribution in [2.75, 3.05) is 4.90 Å². The Labute approximate surface area is 143 Å². The molecule has 0 atom stereocenters. The smallest absolute Gasteiger partial charge is 0.0455 e. The van der Waals surface area contributed by atoms with Crippen LogP contribution in [0.1, 0.15) is 25.3 Å². The molecule has 2 aromatic rings. The third-order valence-corrected chi connectivity index (χ3v) is 4.60. The second-order valence-electron chi connectivity index (χ2n) is 6.41. The van der Waals surface area contributed by atoms with Crippen LogP contribution in [0, 0.1) is 0 Å². The van der Waals surface area contributed by atoms with Crippen molar-refractivity contribution >= 4 is 11.3 Å². The summed E-state index contributed by atoms with van der Waals surface area (Å²) in [5.74, 6) is 0. The van der Waals surface area contributed by atoms with Gasteiger partial charge >= 0.3 is 0 Å². The van der Waals surface area contributed by atoms with Gasteiger partial charge in [-0.05, 0) is 42.3 Å². The van der Waals surface area contributed by atoms with Gasteiger partial charge in [0.05, 0.1) is 0 Å². The standard InChI is InChI=1S/C23H21N/c1-18-12-14-22(16-18)24(21-10-6-3-7-11-21)23-15-13-20(17-23)19-8-4-2-5-9-19/h2-15H,16-17H2,1H3. The third kappa shape index (κ3) is 2.85. The van der Waals surface area contributed by atoms with Gasteiger partial charge in [-0.2, -0.15) is 0 Å². The first-order valence-electron chi connectivity index (χ1n) is 8.48. The molecule has 0 bridgehead atoms. The molecule has 0 aliphatic heterocycles. The number of para-hydroxylation sites is 1. The molecule has 2 aromatic carbocycles. The molecule has 1 nitrogen and oxygen atoms in total. The summed E-state index contributed by atoms with van der Waals surface area (Å²) in [5, 5.41) is 0. The Morgan fingerprint density at radius 1 is 0.667 bits per heavy atom. The van der Waals surface area contributed by atoms with E-state index in [1.807, 2.05) is 0 Å². The SMILES string of the molecule is CC1=CC=C(N(C2=CC=C(c3ccccc3)C2)c2ccccc2)C1. The minimum absolute atomic E-state index is 0.968.